The zero-order chi connectivity index (χ0) is 16.6. The highest BCUT2D eigenvalue weighted by Gasteiger charge is 2.47. The number of carboxylic acid groups (broad SMARTS) is 1. The summed E-state index contributed by atoms with van der Waals surface area (Å²) in [6, 6.07) is 0. The number of amides is 1. The number of nitrogens with zero attached hydrogens (tertiary/aromatic N) is 3. The lowest BCUT2D eigenvalue weighted by Crippen LogP contribution is -2.56. The van der Waals surface area contributed by atoms with Crippen molar-refractivity contribution in [2.45, 2.75) is 30.6 Å². The molecular formula is C13H15N5O3S2. The fraction of sp³-hybridized carbons (Fsp3) is 0.385. The summed E-state index contributed by atoms with van der Waals surface area (Å²) in [6.07, 6.45) is 1.70. The Morgan fingerprint density at radius 2 is 2.48 bits per heavy atom. The molecule has 0 radical (unpaired) electrons. The standard InChI is InChI=1S/C13H15N5O3S2/c1-6-5-22-8(17-6)4-16-15-3-7-11(13(20)21)18-9(19)2-10(18)23-12(7)14/h3,5,10,12,16H,2,4,14H2,1H3,(H,20,21)/t10-,12?/m1/s1. The van der Waals surface area contributed by atoms with Crippen LogP contribution < -0.4 is 11.2 Å². The first-order chi connectivity index (χ1) is 11.0. The average molecular weight is 353 g/mol. The van der Waals surface area contributed by atoms with E-state index >= 15 is 0 Å². The SMILES string of the molecule is Cc1csc(CNN=CC2=C(C(=O)O)N3C(=O)C[C@H]3SC2N)n1. The number of carbonyl (C=O) groups is 2. The number of carboxylic acids is 1. The molecule has 2 aliphatic rings. The number of aryl methyl sites for hydroxylation is 1. The summed E-state index contributed by atoms with van der Waals surface area (Å²) in [5.74, 6) is -1.38. The van der Waals surface area contributed by atoms with Gasteiger partial charge in [-0.2, -0.15) is 5.10 Å². The summed E-state index contributed by atoms with van der Waals surface area (Å²) in [6.45, 7) is 2.35. The van der Waals surface area contributed by atoms with Crippen LogP contribution in [0.5, 0.6) is 0 Å². The maximum atomic E-state index is 11.7. The van der Waals surface area contributed by atoms with Gasteiger partial charge in [-0.05, 0) is 6.92 Å². The van der Waals surface area contributed by atoms with Gasteiger partial charge in [-0.15, -0.1) is 23.1 Å². The van der Waals surface area contributed by atoms with Crippen molar-refractivity contribution < 1.29 is 14.7 Å². The molecule has 0 spiro atoms. The Kier molecular flexibility index (Phi) is 4.37. The lowest BCUT2D eigenvalue weighted by atomic mass is 10.1. The van der Waals surface area contributed by atoms with Crippen molar-refractivity contribution >= 4 is 41.2 Å². The summed E-state index contributed by atoms with van der Waals surface area (Å²) in [5, 5.41) is 15.5. The van der Waals surface area contributed by atoms with E-state index in [0.29, 0.717) is 18.5 Å². The normalized spacial score (nSPS) is 23.9. The molecule has 0 aromatic carbocycles. The van der Waals surface area contributed by atoms with Crippen LogP contribution >= 0.6 is 23.1 Å². The van der Waals surface area contributed by atoms with Gasteiger partial charge in [-0.3, -0.25) is 9.69 Å². The molecule has 122 valence electrons. The molecular weight excluding hydrogens is 338 g/mol. The average Bonchev–Trinajstić information content (AvgIpc) is 2.89. The van der Waals surface area contributed by atoms with Gasteiger partial charge in [0.1, 0.15) is 10.7 Å². The predicted molar refractivity (Wildman–Crippen MR) is 87.7 cm³/mol. The highest BCUT2D eigenvalue weighted by molar-refractivity contribution is 8.00. The molecule has 8 nitrogen and oxygen atoms in total. The van der Waals surface area contributed by atoms with Crippen molar-refractivity contribution in [3.05, 3.63) is 27.4 Å². The van der Waals surface area contributed by atoms with Crippen LogP contribution in [-0.2, 0) is 16.1 Å². The minimum Gasteiger partial charge on any atom is -0.477 e. The molecule has 1 saturated heterocycles. The lowest BCUT2D eigenvalue weighted by Gasteiger charge is -2.45. The minimum absolute atomic E-state index is 0.0758. The Labute approximate surface area is 140 Å². The van der Waals surface area contributed by atoms with Crippen LogP contribution in [0.3, 0.4) is 0 Å². The molecule has 0 aliphatic carbocycles. The summed E-state index contributed by atoms with van der Waals surface area (Å²) >= 11 is 2.88. The molecule has 2 aliphatic heterocycles. The lowest BCUT2D eigenvalue weighted by molar-refractivity contribution is -0.146. The number of β-lactam (4-membered cyclic amide) rings is 1. The van der Waals surface area contributed by atoms with Gasteiger partial charge in [-0.1, -0.05) is 0 Å². The molecule has 3 heterocycles. The van der Waals surface area contributed by atoms with Crippen LogP contribution in [0.4, 0.5) is 0 Å². The van der Waals surface area contributed by atoms with Crippen LogP contribution in [0.15, 0.2) is 21.8 Å². The van der Waals surface area contributed by atoms with Gasteiger partial charge in [0.2, 0.25) is 5.91 Å². The smallest absolute Gasteiger partial charge is 0.353 e. The number of hydrogen-bond donors (Lipinski definition) is 3. The quantitative estimate of drug-likeness (QED) is 0.399. The predicted octanol–water partition coefficient (Wildman–Crippen LogP) is 0.456. The Balaban J connectivity index is 1.74. The molecule has 1 unspecified atom stereocenters. The van der Waals surface area contributed by atoms with E-state index in [1.165, 1.54) is 34.2 Å². The highest BCUT2D eigenvalue weighted by atomic mass is 32.2. The largest absolute Gasteiger partial charge is 0.477 e. The topological polar surface area (TPSA) is 121 Å². The van der Waals surface area contributed by atoms with Crippen molar-refractivity contribution in [3.8, 4) is 0 Å². The molecule has 1 aromatic rings. The van der Waals surface area contributed by atoms with Gasteiger partial charge in [-0.25, -0.2) is 9.78 Å². The number of nitrogens with one attached hydrogen (secondary N) is 1. The van der Waals surface area contributed by atoms with E-state index in [9.17, 15) is 14.7 Å². The van der Waals surface area contributed by atoms with E-state index < -0.39 is 11.3 Å². The number of rotatable bonds is 5. The molecule has 10 heteroatoms. The van der Waals surface area contributed by atoms with Gasteiger partial charge in [0.15, 0.2) is 0 Å². The van der Waals surface area contributed by atoms with Gasteiger partial charge >= 0.3 is 5.97 Å². The van der Waals surface area contributed by atoms with Gasteiger partial charge < -0.3 is 16.3 Å². The summed E-state index contributed by atoms with van der Waals surface area (Å²) < 4.78 is 0. The number of hydrogen-bond acceptors (Lipinski definition) is 8. The van der Waals surface area contributed by atoms with Crippen LogP contribution in [0.2, 0.25) is 0 Å². The van der Waals surface area contributed by atoms with Gasteiger partial charge in [0.05, 0.1) is 29.9 Å². The molecule has 1 fully saturated rings. The van der Waals surface area contributed by atoms with Crippen LogP contribution in [0.1, 0.15) is 17.1 Å². The van der Waals surface area contributed by atoms with E-state index in [4.69, 9.17) is 5.73 Å². The zero-order valence-corrected chi connectivity index (χ0v) is 13.9. The summed E-state index contributed by atoms with van der Waals surface area (Å²) in [7, 11) is 0. The second-order valence-electron chi connectivity index (χ2n) is 5.06. The zero-order valence-electron chi connectivity index (χ0n) is 12.2. The van der Waals surface area contributed by atoms with Crippen LogP contribution in [0.25, 0.3) is 0 Å². The molecule has 2 atom stereocenters. The number of fused-ring (bicyclic) bond motifs is 1. The van der Waals surface area contributed by atoms with Crippen molar-refractivity contribution in [3.63, 3.8) is 0 Å². The third-order valence-corrected chi connectivity index (χ3v) is 5.63. The van der Waals surface area contributed by atoms with Crippen LogP contribution in [-0.4, -0.2) is 43.8 Å². The van der Waals surface area contributed by atoms with E-state index in [1.54, 1.807) is 0 Å². The minimum atomic E-state index is -1.17. The third-order valence-electron chi connectivity index (χ3n) is 3.42. The summed E-state index contributed by atoms with van der Waals surface area (Å²) in [5.41, 5.74) is 10.0. The number of carbonyl (C=O) groups excluding carboxylic acids is 1. The number of thioether (sulfide) groups is 1. The van der Waals surface area contributed by atoms with Crippen molar-refractivity contribution in [2.24, 2.45) is 10.8 Å². The fourth-order valence-corrected chi connectivity index (χ4v) is 4.30. The molecule has 0 bridgehead atoms. The van der Waals surface area contributed by atoms with Crippen molar-refractivity contribution in [1.29, 1.82) is 0 Å². The molecule has 23 heavy (non-hydrogen) atoms. The molecule has 0 saturated carbocycles. The third kappa shape index (κ3) is 3.09. The number of thiazole rings is 1. The Bertz CT molecular complexity index is 714. The maximum Gasteiger partial charge on any atom is 0.353 e. The van der Waals surface area contributed by atoms with E-state index in [0.717, 1.165) is 10.7 Å². The second kappa shape index (κ2) is 6.30. The number of hydrazone groups is 1. The molecule has 3 rings (SSSR count). The molecule has 1 aromatic heterocycles. The Morgan fingerprint density at radius 1 is 1.70 bits per heavy atom. The monoisotopic (exact) mass is 353 g/mol. The highest BCUT2D eigenvalue weighted by Crippen LogP contribution is 2.41. The van der Waals surface area contributed by atoms with E-state index in [2.05, 4.69) is 15.5 Å². The van der Waals surface area contributed by atoms with Gasteiger partial charge in [0.25, 0.3) is 0 Å². The van der Waals surface area contributed by atoms with Crippen molar-refractivity contribution in [2.75, 3.05) is 0 Å². The fourth-order valence-electron chi connectivity index (χ4n) is 2.35. The van der Waals surface area contributed by atoms with Crippen LogP contribution in [0, 0.1) is 6.92 Å². The maximum absolute atomic E-state index is 11.7. The molecule has 4 N–H and O–H groups in total. The van der Waals surface area contributed by atoms with Crippen molar-refractivity contribution in [1.82, 2.24) is 15.3 Å². The van der Waals surface area contributed by atoms with E-state index in [1.807, 2.05) is 12.3 Å². The first-order valence-electron chi connectivity index (χ1n) is 6.85. The second-order valence-corrected chi connectivity index (χ2v) is 7.33. The van der Waals surface area contributed by atoms with E-state index in [-0.39, 0.29) is 17.0 Å². The first-order valence-corrected chi connectivity index (χ1v) is 8.67. The summed E-state index contributed by atoms with van der Waals surface area (Å²) in [4.78, 5) is 28.7. The Morgan fingerprint density at radius 3 is 3.09 bits per heavy atom. The Hall–Kier alpha value is -1.91. The number of aromatic nitrogens is 1. The van der Waals surface area contributed by atoms with Gasteiger partial charge in [0, 0.05) is 16.6 Å². The number of aliphatic carboxylic acids is 1. The molecule has 1 amide bonds. The first kappa shape index (κ1) is 16.0. The number of nitrogens with two attached hydrogens (primary N) is 1.